The lowest BCUT2D eigenvalue weighted by Crippen LogP contribution is -2.09. The first-order chi connectivity index (χ1) is 13.6. The molecule has 7 nitrogen and oxygen atoms in total. The van der Waals surface area contributed by atoms with Gasteiger partial charge in [-0.15, -0.1) is 0 Å². The van der Waals surface area contributed by atoms with E-state index in [0.717, 1.165) is 18.0 Å². The quantitative estimate of drug-likeness (QED) is 0.538. The summed E-state index contributed by atoms with van der Waals surface area (Å²) in [7, 11) is 1.66. The Morgan fingerprint density at radius 2 is 1.64 bits per heavy atom. The summed E-state index contributed by atoms with van der Waals surface area (Å²) < 4.78 is 7.31. The smallest absolute Gasteiger partial charge is 0.224 e. The number of hydrogen-bond acceptors (Lipinski definition) is 6. The maximum absolute atomic E-state index is 6.05. The Morgan fingerprint density at radius 1 is 0.893 bits per heavy atom. The van der Waals surface area contributed by atoms with Crippen LogP contribution in [0.15, 0.2) is 54.6 Å². The van der Waals surface area contributed by atoms with E-state index >= 15 is 0 Å². The summed E-state index contributed by atoms with van der Waals surface area (Å²) in [6, 6.07) is 18.2. The highest BCUT2D eigenvalue weighted by molar-refractivity contribution is 5.83. The van der Waals surface area contributed by atoms with Crippen molar-refractivity contribution in [3.63, 3.8) is 0 Å². The molecule has 0 fully saturated rings. The fourth-order valence-electron chi connectivity index (χ4n) is 3.27. The first-order valence-corrected chi connectivity index (χ1v) is 9.09. The number of nitrogens with zero attached hydrogens (tertiary/aromatic N) is 4. The number of fused-ring (bicyclic) bond motifs is 1. The van der Waals surface area contributed by atoms with Gasteiger partial charge >= 0.3 is 0 Å². The summed E-state index contributed by atoms with van der Waals surface area (Å²) in [5, 5.41) is 0. The SMILES string of the molecule is COc1ccc(CCn2c(Cc3ccccc3)nc3c(N)nc(N)nc32)cc1. The first-order valence-electron chi connectivity index (χ1n) is 9.09. The van der Waals surface area contributed by atoms with E-state index in [4.69, 9.17) is 21.2 Å². The highest BCUT2D eigenvalue weighted by Gasteiger charge is 2.16. The van der Waals surface area contributed by atoms with Crippen LogP contribution in [0.1, 0.15) is 17.0 Å². The van der Waals surface area contributed by atoms with Crippen LogP contribution < -0.4 is 16.2 Å². The lowest BCUT2D eigenvalue weighted by Gasteiger charge is -2.10. The van der Waals surface area contributed by atoms with Crippen LogP contribution in [0.25, 0.3) is 11.2 Å². The zero-order chi connectivity index (χ0) is 19.5. The van der Waals surface area contributed by atoms with Gasteiger partial charge in [-0.2, -0.15) is 9.97 Å². The van der Waals surface area contributed by atoms with Crippen LogP contribution in [0.2, 0.25) is 0 Å². The summed E-state index contributed by atoms with van der Waals surface area (Å²) in [6.45, 7) is 0.709. The Hall–Kier alpha value is -3.61. The number of rotatable bonds is 6. The molecular formula is C21H22N6O. The van der Waals surface area contributed by atoms with Gasteiger partial charge in [0.05, 0.1) is 7.11 Å². The molecule has 0 radical (unpaired) electrons. The van der Waals surface area contributed by atoms with Gasteiger partial charge in [0.25, 0.3) is 0 Å². The van der Waals surface area contributed by atoms with Crippen LogP contribution in [0.4, 0.5) is 11.8 Å². The number of aromatic nitrogens is 4. The van der Waals surface area contributed by atoms with Crippen molar-refractivity contribution < 1.29 is 4.74 Å². The molecule has 142 valence electrons. The molecule has 0 unspecified atom stereocenters. The molecule has 0 aliphatic carbocycles. The van der Waals surface area contributed by atoms with Crippen LogP contribution in [-0.2, 0) is 19.4 Å². The summed E-state index contributed by atoms with van der Waals surface area (Å²) in [4.78, 5) is 13.2. The van der Waals surface area contributed by atoms with Crippen LogP contribution in [0.5, 0.6) is 5.75 Å². The Kier molecular flexibility index (Phi) is 4.80. The van der Waals surface area contributed by atoms with Gasteiger partial charge in [-0.05, 0) is 29.7 Å². The van der Waals surface area contributed by atoms with Crippen molar-refractivity contribution in [3.8, 4) is 5.75 Å². The first kappa shape index (κ1) is 17.8. The molecule has 2 aromatic carbocycles. The lowest BCUT2D eigenvalue weighted by atomic mass is 10.1. The minimum absolute atomic E-state index is 0.154. The predicted molar refractivity (Wildman–Crippen MR) is 110 cm³/mol. The average Bonchev–Trinajstić information content (AvgIpc) is 3.05. The zero-order valence-electron chi connectivity index (χ0n) is 15.7. The van der Waals surface area contributed by atoms with E-state index in [9.17, 15) is 0 Å². The minimum atomic E-state index is 0.154. The minimum Gasteiger partial charge on any atom is -0.497 e. The molecule has 0 bridgehead atoms. The summed E-state index contributed by atoms with van der Waals surface area (Å²) in [5.74, 6) is 2.19. The van der Waals surface area contributed by atoms with E-state index in [1.54, 1.807) is 7.11 Å². The molecule has 0 aliphatic rings. The van der Waals surface area contributed by atoms with Crippen LogP contribution in [0, 0.1) is 0 Å². The number of nitrogens with two attached hydrogens (primary N) is 2. The lowest BCUT2D eigenvalue weighted by molar-refractivity contribution is 0.414. The Bertz CT molecular complexity index is 1090. The molecule has 0 saturated heterocycles. The van der Waals surface area contributed by atoms with Crippen LogP contribution in [0.3, 0.4) is 0 Å². The number of imidazole rings is 1. The van der Waals surface area contributed by atoms with E-state index < -0.39 is 0 Å². The molecule has 0 saturated carbocycles. The molecule has 4 rings (SSSR count). The molecule has 0 amide bonds. The van der Waals surface area contributed by atoms with Gasteiger partial charge in [0, 0.05) is 13.0 Å². The molecule has 7 heteroatoms. The van der Waals surface area contributed by atoms with Crippen molar-refractivity contribution in [2.24, 2.45) is 0 Å². The number of benzene rings is 2. The molecule has 4 N–H and O–H groups in total. The standard InChI is InChI=1S/C21H22N6O/c1-28-16-9-7-14(8-10-16)11-12-27-17(13-15-5-3-2-4-6-15)24-18-19(22)25-21(23)26-20(18)27/h2-10H,11-13H2,1H3,(H4,22,23,25,26). The van der Waals surface area contributed by atoms with Crippen molar-refractivity contribution in [2.45, 2.75) is 19.4 Å². The predicted octanol–water partition coefficient (Wildman–Crippen LogP) is 2.83. The molecule has 28 heavy (non-hydrogen) atoms. The van der Waals surface area contributed by atoms with E-state index in [1.807, 2.05) is 30.3 Å². The fraction of sp³-hybridized carbons (Fsp3) is 0.190. The summed E-state index contributed by atoms with van der Waals surface area (Å²) >= 11 is 0. The molecule has 4 aromatic rings. The van der Waals surface area contributed by atoms with Crippen molar-refractivity contribution in [1.82, 2.24) is 19.5 Å². The van der Waals surface area contributed by atoms with E-state index in [-0.39, 0.29) is 5.95 Å². The van der Waals surface area contributed by atoms with Crippen LogP contribution in [-0.4, -0.2) is 26.6 Å². The van der Waals surface area contributed by atoms with Gasteiger partial charge in [0.2, 0.25) is 5.95 Å². The number of methoxy groups -OCH3 is 1. The third-order valence-electron chi connectivity index (χ3n) is 4.71. The second-order valence-corrected chi connectivity index (χ2v) is 6.58. The maximum Gasteiger partial charge on any atom is 0.224 e. The van der Waals surface area contributed by atoms with Gasteiger partial charge < -0.3 is 20.8 Å². The van der Waals surface area contributed by atoms with Gasteiger partial charge in [-0.25, -0.2) is 4.98 Å². The molecule has 0 spiro atoms. The molecule has 2 heterocycles. The summed E-state index contributed by atoms with van der Waals surface area (Å²) in [5.41, 5.74) is 15.5. The maximum atomic E-state index is 6.05. The zero-order valence-corrected chi connectivity index (χ0v) is 15.7. The van der Waals surface area contributed by atoms with Crippen molar-refractivity contribution in [3.05, 3.63) is 71.5 Å². The molecular weight excluding hydrogens is 352 g/mol. The monoisotopic (exact) mass is 374 g/mol. The third-order valence-corrected chi connectivity index (χ3v) is 4.71. The van der Waals surface area contributed by atoms with Crippen molar-refractivity contribution in [2.75, 3.05) is 18.6 Å². The number of aryl methyl sites for hydroxylation is 2. The van der Waals surface area contributed by atoms with E-state index in [0.29, 0.717) is 29.9 Å². The highest BCUT2D eigenvalue weighted by Crippen LogP contribution is 2.22. The number of nitrogen functional groups attached to an aromatic ring is 2. The van der Waals surface area contributed by atoms with E-state index in [1.165, 1.54) is 11.1 Å². The second-order valence-electron chi connectivity index (χ2n) is 6.58. The largest absolute Gasteiger partial charge is 0.497 e. The van der Waals surface area contributed by atoms with Gasteiger partial charge in [0.15, 0.2) is 17.0 Å². The summed E-state index contributed by atoms with van der Waals surface area (Å²) in [6.07, 6.45) is 1.50. The molecule has 2 aromatic heterocycles. The van der Waals surface area contributed by atoms with Gasteiger partial charge in [-0.1, -0.05) is 42.5 Å². The van der Waals surface area contributed by atoms with Crippen LogP contribution >= 0.6 is 0 Å². The topological polar surface area (TPSA) is 105 Å². The average molecular weight is 374 g/mol. The van der Waals surface area contributed by atoms with Crippen molar-refractivity contribution in [1.29, 1.82) is 0 Å². The van der Waals surface area contributed by atoms with Gasteiger partial charge in [0.1, 0.15) is 11.6 Å². The Balaban J connectivity index is 1.69. The second kappa shape index (κ2) is 7.56. The number of hydrogen-bond donors (Lipinski definition) is 2. The van der Waals surface area contributed by atoms with Gasteiger partial charge in [-0.3, -0.25) is 0 Å². The molecule has 0 atom stereocenters. The highest BCUT2D eigenvalue weighted by atomic mass is 16.5. The number of ether oxygens (including phenoxy) is 1. The Morgan fingerprint density at radius 3 is 2.36 bits per heavy atom. The van der Waals surface area contributed by atoms with E-state index in [2.05, 4.69) is 38.8 Å². The molecule has 0 aliphatic heterocycles. The fourth-order valence-corrected chi connectivity index (χ4v) is 3.27. The number of anilines is 2. The Labute approximate surface area is 163 Å². The third kappa shape index (κ3) is 3.59. The normalized spacial score (nSPS) is 11.0. The van der Waals surface area contributed by atoms with Crippen molar-refractivity contribution >= 4 is 22.9 Å².